The van der Waals surface area contributed by atoms with Crippen LogP contribution in [0.2, 0.25) is 0 Å². The van der Waals surface area contributed by atoms with E-state index in [-0.39, 0.29) is 74.4 Å². The van der Waals surface area contributed by atoms with Gasteiger partial charge in [-0.05, 0) is 55.9 Å². The molecular weight excluding hydrogens is 923 g/mol. The number of hydrogen-bond acceptors (Lipinski definition) is 17. The van der Waals surface area contributed by atoms with Crippen LogP contribution < -0.4 is 5.32 Å². The van der Waals surface area contributed by atoms with Gasteiger partial charge in [-0.3, -0.25) is 9.59 Å². The SMILES string of the molecule is COCCOCOCC1=C[C@H]2C(=O)O[C@H]3C[C@@H](C/C=C(\C)[C@@H](O[C@H]4C[C@H](OC)[C@@H](O[C@H]5C[C@H](OC)[C@H](NC(C)=O)[C@H](C)O5)[C@H](C)O4)[C@@H](C)/C=C/C=C4\CO[C@H]([C@@H]1O)[C@@]42O)O[C@@]1(C=C[C@H](C)[C@@H](C(C)C)O1)C3. The maximum atomic E-state index is 14.7. The van der Waals surface area contributed by atoms with Crippen molar-refractivity contribution < 1.29 is 81.4 Å². The normalized spacial score (nSPS) is 43.9. The zero-order valence-corrected chi connectivity index (χ0v) is 43.5. The second-order valence-corrected chi connectivity index (χ2v) is 20.7. The van der Waals surface area contributed by atoms with E-state index >= 15 is 0 Å². The Morgan fingerprint density at radius 1 is 0.915 bits per heavy atom. The van der Waals surface area contributed by atoms with E-state index in [1.807, 2.05) is 45.9 Å². The van der Waals surface area contributed by atoms with E-state index in [0.717, 1.165) is 5.57 Å². The summed E-state index contributed by atoms with van der Waals surface area (Å²) in [4.78, 5) is 26.6. The minimum atomic E-state index is -1.95. The lowest BCUT2D eigenvalue weighted by Gasteiger charge is -2.48. The molecule has 71 heavy (non-hydrogen) atoms. The molecule has 7 rings (SSSR count). The quantitative estimate of drug-likeness (QED) is 0.0876. The number of rotatable bonds is 15. The van der Waals surface area contributed by atoms with Gasteiger partial charge in [-0.1, -0.05) is 64.2 Å². The molecule has 400 valence electrons. The second-order valence-electron chi connectivity index (χ2n) is 20.7. The number of carbonyl (C=O) groups excluding carboxylic acids is 2. The molecule has 0 aromatic carbocycles. The number of amides is 1. The van der Waals surface area contributed by atoms with E-state index in [0.29, 0.717) is 50.0 Å². The topological polar surface area (TPSA) is 207 Å². The lowest BCUT2D eigenvalue weighted by Crippen LogP contribution is -2.58. The van der Waals surface area contributed by atoms with Crippen molar-refractivity contribution in [2.24, 2.45) is 23.7 Å². The number of nitrogens with one attached hydrogen (secondary N) is 1. The molecule has 0 saturated carbocycles. The van der Waals surface area contributed by atoms with Crippen molar-refractivity contribution in [3.05, 3.63) is 59.3 Å². The third kappa shape index (κ3) is 13.0. The molecular formula is C53H81NO17. The Labute approximate surface area is 419 Å². The first-order chi connectivity index (χ1) is 33.9. The maximum Gasteiger partial charge on any atom is 0.316 e. The Bertz CT molecular complexity index is 1960. The average molecular weight is 1000 g/mol. The van der Waals surface area contributed by atoms with E-state index in [1.165, 1.54) is 6.92 Å². The van der Waals surface area contributed by atoms with Crippen molar-refractivity contribution in [2.45, 2.75) is 185 Å². The summed E-state index contributed by atoms with van der Waals surface area (Å²) in [5, 5.41) is 27.4. The summed E-state index contributed by atoms with van der Waals surface area (Å²) in [6.07, 6.45) is 7.52. The Kier molecular flexibility index (Phi) is 19.4. The molecule has 6 heterocycles. The Hall–Kier alpha value is -2.92. The first kappa shape index (κ1) is 55.8. The number of esters is 1. The highest BCUT2D eigenvalue weighted by atomic mass is 16.7. The van der Waals surface area contributed by atoms with Crippen LogP contribution in [0.3, 0.4) is 0 Å². The van der Waals surface area contributed by atoms with Crippen LogP contribution >= 0.6 is 0 Å². The van der Waals surface area contributed by atoms with E-state index in [4.69, 9.17) is 61.6 Å². The summed E-state index contributed by atoms with van der Waals surface area (Å²) in [5.41, 5.74) is -0.242. The Morgan fingerprint density at radius 2 is 1.65 bits per heavy atom. The van der Waals surface area contributed by atoms with Crippen LogP contribution in [0, 0.1) is 23.7 Å². The highest BCUT2D eigenvalue weighted by molar-refractivity contribution is 5.78. The molecule has 0 aromatic rings. The minimum Gasteiger partial charge on any atom is -0.462 e. The zero-order chi connectivity index (χ0) is 51.2. The monoisotopic (exact) mass is 1000 g/mol. The van der Waals surface area contributed by atoms with Crippen molar-refractivity contribution in [1.29, 1.82) is 0 Å². The number of ether oxygens (including phenoxy) is 13. The lowest BCUT2D eigenvalue weighted by atomic mass is 9.70. The Morgan fingerprint density at radius 3 is 2.37 bits per heavy atom. The molecule has 0 unspecified atom stereocenters. The van der Waals surface area contributed by atoms with Gasteiger partial charge in [-0.2, -0.15) is 0 Å². The first-order valence-corrected chi connectivity index (χ1v) is 25.5. The molecule has 4 saturated heterocycles. The summed E-state index contributed by atoms with van der Waals surface area (Å²) in [6, 6.07) is -0.326. The van der Waals surface area contributed by atoms with E-state index < -0.39 is 84.7 Å². The van der Waals surface area contributed by atoms with E-state index in [2.05, 4.69) is 38.2 Å². The zero-order valence-electron chi connectivity index (χ0n) is 43.5. The fourth-order valence-electron chi connectivity index (χ4n) is 11.4. The van der Waals surface area contributed by atoms with E-state index in [1.54, 1.807) is 33.5 Å². The fraction of sp³-hybridized carbons (Fsp3) is 0.774. The fourth-order valence-corrected chi connectivity index (χ4v) is 11.4. The molecule has 6 aliphatic heterocycles. The molecule has 7 aliphatic rings. The molecule has 19 atom stereocenters. The van der Waals surface area contributed by atoms with Gasteiger partial charge in [-0.25, -0.2) is 0 Å². The smallest absolute Gasteiger partial charge is 0.316 e. The van der Waals surface area contributed by atoms with Gasteiger partial charge in [0.05, 0.1) is 75.2 Å². The number of carbonyl (C=O) groups is 2. The first-order valence-electron chi connectivity index (χ1n) is 25.5. The summed E-state index contributed by atoms with van der Waals surface area (Å²) < 4.78 is 80.9. The largest absolute Gasteiger partial charge is 0.462 e. The van der Waals surface area contributed by atoms with Crippen LogP contribution in [-0.4, -0.2) is 174 Å². The van der Waals surface area contributed by atoms with Crippen molar-refractivity contribution in [3.8, 4) is 0 Å². The predicted molar refractivity (Wildman–Crippen MR) is 257 cm³/mol. The van der Waals surface area contributed by atoms with Gasteiger partial charge in [0.25, 0.3) is 0 Å². The van der Waals surface area contributed by atoms with Gasteiger partial charge in [0.15, 0.2) is 18.4 Å². The number of allylic oxidation sites excluding steroid dienone is 2. The molecule has 3 N–H and O–H groups in total. The van der Waals surface area contributed by atoms with Crippen LogP contribution in [0.5, 0.6) is 0 Å². The van der Waals surface area contributed by atoms with Crippen molar-refractivity contribution in [2.75, 3.05) is 54.5 Å². The van der Waals surface area contributed by atoms with Crippen LogP contribution in [-0.2, 0) is 71.2 Å². The van der Waals surface area contributed by atoms with Crippen LogP contribution in [0.4, 0.5) is 0 Å². The maximum absolute atomic E-state index is 14.7. The average Bonchev–Trinajstić information content (AvgIpc) is 3.67. The number of fused-ring (bicyclic) bond motifs is 2. The van der Waals surface area contributed by atoms with Gasteiger partial charge >= 0.3 is 5.97 Å². The lowest BCUT2D eigenvalue weighted by molar-refractivity contribution is -0.311. The standard InChI is InChI=1S/C53H81NO17/c1-29(2)47-32(5)17-18-52(71-47)25-39-22-38(70-52)16-15-31(4)48(68-44-24-42(61-11)49(34(7)66-44)69-43-23-41(60-10)45(33(6)65-43)54-35(8)55)30(3)13-12-14-37-27-64-50-46(56)36(26-63-28-62-20-19-59-9)21-40(51(57)67-39)53(37,50)58/h12-15,17-18,21,29-30,32-34,38-50,56,58H,16,19-20,22-28H2,1-11H3,(H,54,55)/b13-12+,31-15+,37-14+/t30-,32-,33-,34-,38+,39-,40-,41-,42-,43-,44-,45+,46+,47+,48-,49-,50+,52+,53+/m0/s1. The highest BCUT2D eigenvalue weighted by Gasteiger charge is 2.60. The number of aliphatic hydroxyl groups excluding tert-OH is 1. The number of aliphatic hydroxyl groups is 2. The summed E-state index contributed by atoms with van der Waals surface area (Å²) in [5.74, 6) is -3.17. The van der Waals surface area contributed by atoms with Gasteiger partial charge in [0.1, 0.15) is 42.7 Å². The summed E-state index contributed by atoms with van der Waals surface area (Å²) in [7, 11) is 4.83. The van der Waals surface area contributed by atoms with Crippen LogP contribution in [0.1, 0.15) is 87.5 Å². The summed E-state index contributed by atoms with van der Waals surface area (Å²) in [6.45, 7) is 16.2. The van der Waals surface area contributed by atoms with Gasteiger partial charge in [0, 0.05) is 65.8 Å². The molecule has 2 bridgehead atoms. The predicted octanol–water partition coefficient (Wildman–Crippen LogP) is 4.75. The van der Waals surface area contributed by atoms with E-state index in [9.17, 15) is 19.8 Å². The van der Waals surface area contributed by atoms with Crippen LogP contribution in [0.25, 0.3) is 0 Å². The van der Waals surface area contributed by atoms with Crippen molar-refractivity contribution in [3.63, 3.8) is 0 Å². The number of hydrogen-bond donors (Lipinski definition) is 3. The molecule has 18 heteroatoms. The minimum absolute atomic E-state index is 0.0418. The van der Waals surface area contributed by atoms with Crippen LogP contribution in [0.15, 0.2) is 59.3 Å². The molecule has 1 amide bonds. The third-order valence-corrected chi connectivity index (χ3v) is 15.1. The van der Waals surface area contributed by atoms with Crippen molar-refractivity contribution in [1.82, 2.24) is 5.32 Å². The molecule has 1 aliphatic carbocycles. The molecule has 0 aromatic heterocycles. The Balaban J connectivity index is 1.17. The number of methoxy groups -OCH3 is 3. The van der Waals surface area contributed by atoms with Gasteiger partial charge in [-0.15, -0.1) is 0 Å². The summed E-state index contributed by atoms with van der Waals surface area (Å²) >= 11 is 0. The molecule has 0 radical (unpaired) electrons. The second kappa shape index (κ2) is 24.6. The third-order valence-electron chi connectivity index (χ3n) is 15.1. The van der Waals surface area contributed by atoms with Gasteiger partial charge in [0.2, 0.25) is 5.91 Å². The highest BCUT2D eigenvalue weighted by Crippen LogP contribution is 2.47. The van der Waals surface area contributed by atoms with Gasteiger partial charge < -0.3 is 77.1 Å². The van der Waals surface area contributed by atoms with Crippen molar-refractivity contribution >= 4 is 11.9 Å². The molecule has 4 fully saturated rings. The molecule has 1 spiro atoms. The molecule has 18 nitrogen and oxygen atoms in total.